The highest BCUT2D eigenvalue weighted by molar-refractivity contribution is 7.99. The first-order chi connectivity index (χ1) is 9.47. The average Bonchev–Trinajstić information content (AvgIpc) is 2.71. The zero-order valence-corrected chi connectivity index (χ0v) is 12.4. The molecule has 0 fully saturated rings. The number of hydrogen-bond acceptors (Lipinski definition) is 4. The van der Waals surface area contributed by atoms with Crippen molar-refractivity contribution in [3.05, 3.63) is 34.9 Å². The Labute approximate surface area is 124 Å². The number of hydrogen-bond donors (Lipinski definition) is 1. The van der Waals surface area contributed by atoms with Gasteiger partial charge in [0.05, 0.1) is 16.5 Å². The lowest BCUT2D eigenvalue weighted by molar-refractivity contribution is -0.113. The minimum atomic E-state index is -0.447. The van der Waals surface area contributed by atoms with E-state index in [2.05, 4.69) is 15.5 Å². The van der Waals surface area contributed by atoms with Crippen LogP contribution < -0.4 is 5.32 Å². The molecule has 0 aliphatic heterocycles. The van der Waals surface area contributed by atoms with Gasteiger partial charge in [-0.2, -0.15) is 0 Å². The van der Waals surface area contributed by atoms with Gasteiger partial charge in [0.25, 0.3) is 0 Å². The Kier molecular flexibility index (Phi) is 4.61. The molecule has 0 spiro atoms. The number of carbonyl (C=O) groups is 1. The summed E-state index contributed by atoms with van der Waals surface area (Å²) in [4.78, 5) is 11.8. The van der Waals surface area contributed by atoms with Crippen LogP contribution in [0.3, 0.4) is 0 Å². The molecule has 20 heavy (non-hydrogen) atoms. The number of anilines is 1. The Morgan fingerprint density at radius 3 is 2.85 bits per heavy atom. The van der Waals surface area contributed by atoms with E-state index in [0.29, 0.717) is 10.8 Å². The molecule has 1 amide bonds. The highest BCUT2D eigenvalue weighted by Crippen LogP contribution is 2.23. The quantitative estimate of drug-likeness (QED) is 0.881. The fraction of sp³-hybridized carbons (Fsp3) is 0.250. The molecule has 106 valence electrons. The third-order valence-electron chi connectivity index (χ3n) is 2.59. The van der Waals surface area contributed by atoms with Crippen LogP contribution in [-0.2, 0) is 11.8 Å². The van der Waals surface area contributed by atoms with Gasteiger partial charge >= 0.3 is 0 Å². The van der Waals surface area contributed by atoms with E-state index in [4.69, 9.17) is 11.6 Å². The molecule has 0 saturated heterocycles. The predicted molar refractivity (Wildman–Crippen MR) is 76.5 cm³/mol. The average molecular weight is 315 g/mol. The van der Waals surface area contributed by atoms with Crippen molar-refractivity contribution < 1.29 is 9.18 Å². The smallest absolute Gasteiger partial charge is 0.234 e. The van der Waals surface area contributed by atoms with Crippen LogP contribution in [0, 0.1) is 12.7 Å². The van der Waals surface area contributed by atoms with Crippen LogP contribution in [0.2, 0.25) is 5.02 Å². The number of aromatic nitrogens is 3. The molecule has 1 N–H and O–H groups in total. The van der Waals surface area contributed by atoms with Gasteiger partial charge in [-0.3, -0.25) is 4.79 Å². The van der Waals surface area contributed by atoms with Crippen LogP contribution in [0.4, 0.5) is 10.1 Å². The van der Waals surface area contributed by atoms with Crippen LogP contribution >= 0.6 is 23.4 Å². The normalized spacial score (nSPS) is 10.6. The Hall–Kier alpha value is -1.60. The number of aryl methyl sites for hydroxylation is 1. The van der Waals surface area contributed by atoms with E-state index in [9.17, 15) is 9.18 Å². The molecule has 1 heterocycles. The molecule has 0 radical (unpaired) electrons. The standard InChI is InChI=1S/C12H12ClFN4OS/c1-7-16-17-12(18(7)2)20-6-11(19)15-10-4-3-8(14)5-9(10)13/h3-5H,6H2,1-2H3,(H,15,19). The Morgan fingerprint density at radius 1 is 1.50 bits per heavy atom. The maximum atomic E-state index is 12.9. The molecular formula is C12H12ClFN4OS. The number of carbonyl (C=O) groups excluding carboxylic acids is 1. The Morgan fingerprint density at radius 2 is 2.25 bits per heavy atom. The van der Waals surface area contributed by atoms with Crippen molar-refractivity contribution in [2.45, 2.75) is 12.1 Å². The van der Waals surface area contributed by atoms with Crippen molar-refractivity contribution in [2.24, 2.45) is 7.05 Å². The van der Waals surface area contributed by atoms with Gasteiger partial charge in [-0.1, -0.05) is 23.4 Å². The van der Waals surface area contributed by atoms with Gasteiger partial charge in [-0.05, 0) is 25.1 Å². The van der Waals surface area contributed by atoms with Crippen LogP contribution in [0.15, 0.2) is 23.4 Å². The molecule has 0 saturated carbocycles. The van der Waals surface area contributed by atoms with Crippen LogP contribution in [0.5, 0.6) is 0 Å². The fourth-order valence-electron chi connectivity index (χ4n) is 1.42. The van der Waals surface area contributed by atoms with Gasteiger partial charge < -0.3 is 9.88 Å². The van der Waals surface area contributed by atoms with Crippen molar-refractivity contribution in [1.82, 2.24) is 14.8 Å². The van der Waals surface area contributed by atoms with Crippen LogP contribution in [-0.4, -0.2) is 26.4 Å². The van der Waals surface area contributed by atoms with E-state index in [0.717, 1.165) is 11.9 Å². The number of halogens is 2. The minimum Gasteiger partial charge on any atom is -0.324 e. The molecule has 2 aromatic rings. The van der Waals surface area contributed by atoms with Gasteiger partial charge in [0.2, 0.25) is 5.91 Å². The molecule has 1 aromatic carbocycles. The number of nitrogens with zero attached hydrogens (tertiary/aromatic N) is 3. The first kappa shape index (κ1) is 14.8. The maximum absolute atomic E-state index is 12.9. The topological polar surface area (TPSA) is 59.8 Å². The Bertz CT molecular complexity index is 646. The lowest BCUT2D eigenvalue weighted by atomic mass is 10.3. The number of rotatable bonds is 4. The van der Waals surface area contributed by atoms with Gasteiger partial charge in [0.1, 0.15) is 11.6 Å². The summed E-state index contributed by atoms with van der Waals surface area (Å²) in [5, 5.41) is 11.3. The summed E-state index contributed by atoms with van der Waals surface area (Å²) < 4.78 is 14.7. The summed E-state index contributed by atoms with van der Waals surface area (Å²) in [5.74, 6) is 0.246. The highest BCUT2D eigenvalue weighted by atomic mass is 35.5. The van der Waals surface area contributed by atoms with E-state index >= 15 is 0 Å². The number of thioether (sulfide) groups is 1. The number of nitrogens with one attached hydrogen (secondary N) is 1. The molecular weight excluding hydrogens is 303 g/mol. The number of amides is 1. The summed E-state index contributed by atoms with van der Waals surface area (Å²) in [7, 11) is 1.83. The van der Waals surface area contributed by atoms with Gasteiger partial charge in [0, 0.05) is 7.05 Å². The lowest BCUT2D eigenvalue weighted by Gasteiger charge is -2.07. The van der Waals surface area contributed by atoms with E-state index in [1.165, 1.54) is 23.9 Å². The van der Waals surface area contributed by atoms with Crippen molar-refractivity contribution in [3.63, 3.8) is 0 Å². The molecule has 1 aromatic heterocycles. The van der Waals surface area contributed by atoms with E-state index in [1.807, 2.05) is 14.0 Å². The van der Waals surface area contributed by atoms with Crippen molar-refractivity contribution in [3.8, 4) is 0 Å². The molecule has 0 unspecified atom stereocenters. The first-order valence-electron chi connectivity index (χ1n) is 5.71. The van der Waals surface area contributed by atoms with Crippen molar-refractivity contribution in [2.75, 3.05) is 11.1 Å². The minimum absolute atomic E-state index is 0.165. The zero-order chi connectivity index (χ0) is 14.7. The molecule has 0 aliphatic rings. The molecule has 0 bridgehead atoms. The predicted octanol–water partition coefficient (Wildman–Crippen LogP) is 2.65. The zero-order valence-electron chi connectivity index (χ0n) is 10.9. The molecule has 0 aliphatic carbocycles. The molecule has 8 heteroatoms. The second-order valence-corrected chi connectivity index (χ2v) is 5.40. The summed E-state index contributed by atoms with van der Waals surface area (Å²) in [6.07, 6.45) is 0. The third kappa shape index (κ3) is 3.49. The van der Waals surface area contributed by atoms with E-state index < -0.39 is 5.82 Å². The van der Waals surface area contributed by atoms with Crippen molar-refractivity contribution >= 4 is 35.0 Å². The molecule has 2 rings (SSSR count). The first-order valence-corrected chi connectivity index (χ1v) is 7.07. The van der Waals surface area contributed by atoms with E-state index in [1.54, 1.807) is 4.57 Å². The second kappa shape index (κ2) is 6.23. The summed E-state index contributed by atoms with van der Waals surface area (Å²) in [6.45, 7) is 1.83. The van der Waals surface area contributed by atoms with Crippen molar-refractivity contribution in [1.29, 1.82) is 0 Å². The lowest BCUT2D eigenvalue weighted by Crippen LogP contribution is -2.14. The molecule has 0 atom stereocenters. The molecule has 5 nitrogen and oxygen atoms in total. The highest BCUT2D eigenvalue weighted by Gasteiger charge is 2.10. The Balaban J connectivity index is 1.94. The SMILES string of the molecule is Cc1nnc(SCC(=O)Nc2ccc(F)cc2Cl)n1C. The number of benzene rings is 1. The summed E-state index contributed by atoms with van der Waals surface area (Å²) >= 11 is 7.10. The summed E-state index contributed by atoms with van der Waals surface area (Å²) in [5.41, 5.74) is 0.382. The second-order valence-electron chi connectivity index (χ2n) is 4.05. The van der Waals surface area contributed by atoms with E-state index in [-0.39, 0.29) is 16.7 Å². The monoisotopic (exact) mass is 314 g/mol. The fourth-order valence-corrected chi connectivity index (χ4v) is 2.39. The largest absolute Gasteiger partial charge is 0.324 e. The maximum Gasteiger partial charge on any atom is 0.234 e. The third-order valence-corrected chi connectivity index (χ3v) is 3.92. The van der Waals surface area contributed by atoms with Crippen LogP contribution in [0.1, 0.15) is 5.82 Å². The van der Waals surface area contributed by atoms with Crippen LogP contribution in [0.25, 0.3) is 0 Å². The van der Waals surface area contributed by atoms with Gasteiger partial charge in [0.15, 0.2) is 5.16 Å². The van der Waals surface area contributed by atoms with Gasteiger partial charge in [-0.25, -0.2) is 4.39 Å². The van der Waals surface area contributed by atoms with Gasteiger partial charge in [-0.15, -0.1) is 10.2 Å². The summed E-state index contributed by atoms with van der Waals surface area (Å²) in [6, 6.07) is 3.81.